The second-order valence-corrected chi connectivity index (χ2v) is 6.29. The summed E-state index contributed by atoms with van der Waals surface area (Å²) < 4.78 is 7.46. The number of pyridine rings is 1. The van der Waals surface area contributed by atoms with Crippen molar-refractivity contribution >= 4 is 5.95 Å². The molecule has 3 aromatic heterocycles. The van der Waals surface area contributed by atoms with Gasteiger partial charge in [-0.2, -0.15) is 0 Å². The molecular formula is C17H20N8O. The largest absolute Gasteiger partial charge is 0.366 e. The number of anilines is 1. The Hall–Kier alpha value is -2.94. The van der Waals surface area contributed by atoms with Crippen LogP contribution in [0.4, 0.5) is 5.95 Å². The highest BCUT2D eigenvalue weighted by Crippen LogP contribution is 2.25. The average Bonchev–Trinajstić information content (AvgIpc) is 3.08. The Labute approximate surface area is 151 Å². The van der Waals surface area contributed by atoms with Crippen molar-refractivity contribution in [2.75, 3.05) is 24.6 Å². The molecule has 0 saturated carbocycles. The number of hydrogen-bond donors (Lipinski definition) is 0. The zero-order chi connectivity index (χ0) is 18.1. The van der Waals surface area contributed by atoms with Gasteiger partial charge in [0.15, 0.2) is 5.82 Å². The summed E-state index contributed by atoms with van der Waals surface area (Å²) in [6.07, 6.45) is 1.57. The lowest BCUT2D eigenvalue weighted by Gasteiger charge is -2.32. The first-order chi connectivity index (χ1) is 12.6. The van der Waals surface area contributed by atoms with Crippen LogP contribution in [0.25, 0.3) is 11.3 Å². The van der Waals surface area contributed by atoms with Gasteiger partial charge in [-0.1, -0.05) is 0 Å². The van der Waals surface area contributed by atoms with Gasteiger partial charge in [0, 0.05) is 36.7 Å². The van der Waals surface area contributed by atoms with E-state index in [2.05, 4.69) is 36.5 Å². The first-order valence-electron chi connectivity index (χ1n) is 8.48. The fourth-order valence-electron chi connectivity index (χ4n) is 3.10. The Morgan fingerprint density at radius 3 is 2.81 bits per heavy atom. The van der Waals surface area contributed by atoms with Gasteiger partial charge in [0.2, 0.25) is 5.95 Å². The Morgan fingerprint density at radius 1 is 1.15 bits per heavy atom. The van der Waals surface area contributed by atoms with E-state index in [0.717, 1.165) is 29.2 Å². The fraction of sp³-hybridized carbons (Fsp3) is 0.412. The maximum absolute atomic E-state index is 5.83. The Kier molecular flexibility index (Phi) is 4.29. The molecule has 0 bridgehead atoms. The molecule has 134 valence electrons. The van der Waals surface area contributed by atoms with Crippen LogP contribution in [0.2, 0.25) is 0 Å². The van der Waals surface area contributed by atoms with Crippen molar-refractivity contribution in [1.82, 2.24) is 35.2 Å². The van der Waals surface area contributed by atoms with Crippen molar-refractivity contribution in [3.63, 3.8) is 0 Å². The predicted molar refractivity (Wildman–Crippen MR) is 94.4 cm³/mol. The van der Waals surface area contributed by atoms with E-state index in [1.807, 2.05) is 33.0 Å². The molecule has 0 radical (unpaired) electrons. The van der Waals surface area contributed by atoms with E-state index in [9.17, 15) is 0 Å². The SMILES string of the molecule is Cc1ccc(-c2ccnc(N3CCOC(c4nnnn4C)C3)n2)c(C)n1. The first-order valence-corrected chi connectivity index (χ1v) is 8.48. The van der Waals surface area contributed by atoms with Gasteiger partial charge in [-0.05, 0) is 42.5 Å². The zero-order valence-corrected chi connectivity index (χ0v) is 15.0. The van der Waals surface area contributed by atoms with Gasteiger partial charge in [0.25, 0.3) is 0 Å². The van der Waals surface area contributed by atoms with Gasteiger partial charge in [-0.15, -0.1) is 5.10 Å². The summed E-state index contributed by atoms with van der Waals surface area (Å²) in [5.41, 5.74) is 3.83. The minimum atomic E-state index is -0.209. The molecule has 0 aromatic carbocycles. The third kappa shape index (κ3) is 3.13. The molecule has 1 saturated heterocycles. The van der Waals surface area contributed by atoms with Crippen LogP contribution in [-0.4, -0.2) is 54.9 Å². The van der Waals surface area contributed by atoms with E-state index in [0.29, 0.717) is 24.9 Å². The highest BCUT2D eigenvalue weighted by atomic mass is 16.5. The van der Waals surface area contributed by atoms with Crippen LogP contribution in [-0.2, 0) is 11.8 Å². The molecule has 3 aromatic rings. The molecule has 1 atom stereocenters. The van der Waals surface area contributed by atoms with Crippen molar-refractivity contribution in [3.05, 3.63) is 41.6 Å². The molecule has 9 heteroatoms. The number of nitrogens with zero attached hydrogens (tertiary/aromatic N) is 8. The summed E-state index contributed by atoms with van der Waals surface area (Å²) in [5.74, 6) is 1.37. The van der Waals surface area contributed by atoms with E-state index in [-0.39, 0.29) is 6.10 Å². The van der Waals surface area contributed by atoms with E-state index >= 15 is 0 Å². The molecule has 0 amide bonds. The van der Waals surface area contributed by atoms with Crippen LogP contribution in [0.5, 0.6) is 0 Å². The van der Waals surface area contributed by atoms with Crippen molar-refractivity contribution in [2.45, 2.75) is 20.0 Å². The number of hydrogen-bond acceptors (Lipinski definition) is 8. The van der Waals surface area contributed by atoms with Crippen LogP contribution in [0.3, 0.4) is 0 Å². The summed E-state index contributed by atoms with van der Waals surface area (Å²) in [7, 11) is 1.81. The van der Waals surface area contributed by atoms with Crippen LogP contribution < -0.4 is 4.90 Å². The van der Waals surface area contributed by atoms with Crippen molar-refractivity contribution in [2.24, 2.45) is 7.05 Å². The van der Waals surface area contributed by atoms with Gasteiger partial charge < -0.3 is 9.64 Å². The normalized spacial score (nSPS) is 17.5. The first kappa shape index (κ1) is 16.5. The minimum Gasteiger partial charge on any atom is -0.366 e. The zero-order valence-electron chi connectivity index (χ0n) is 15.0. The van der Waals surface area contributed by atoms with Crippen LogP contribution in [0, 0.1) is 13.8 Å². The molecule has 1 unspecified atom stereocenters. The van der Waals surface area contributed by atoms with Crippen LogP contribution >= 0.6 is 0 Å². The summed E-state index contributed by atoms with van der Waals surface area (Å²) in [4.78, 5) is 15.8. The number of rotatable bonds is 3. The maximum atomic E-state index is 5.83. The number of tetrazole rings is 1. The number of aromatic nitrogens is 7. The monoisotopic (exact) mass is 352 g/mol. The standard InChI is InChI=1S/C17H20N8O/c1-11-4-5-13(12(2)19-11)14-6-7-18-17(20-14)25-8-9-26-15(10-25)16-21-22-23-24(16)3/h4-7,15H,8-10H2,1-3H3. The van der Waals surface area contributed by atoms with Gasteiger partial charge in [-0.25, -0.2) is 14.6 Å². The van der Waals surface area contributed by atoms with E-state index < -0.39 is 0 Å². The molecule has 4 heterocycles. The van der Waals surface area contributed by atoms with E-state index in [1.165, 1.54) is 0 Å². The lowest BCUT2D eigenvalue weighted by molar-refractivity contribution is 0.0311. The van der Waals surface area contributed by atoms with Crippen LogP contribution in [0.15, 0.2) is 24.4 Å². The minimum absolute atomic E-state index is 0.209. The molecule has 9 nitrogen and oxygen atoms in total. The van der Waals surface area contributed by atoms with Crippen molar-refractivity contribution < 1.29 is 4.74 Å². The molecule has 1 aliphatic rings. The lowest BCUT2D eigenvalue weighted by atomic mass is 10.1. The predicted octanol–water partition coefficient (Wildman–Crippen LogP) is 1.26. The summed E-state index contributed by atoms with van der Waals surface area (Å²) in [6, 6.07) is 5.96. The smallest absolute Gasteiger partial charge is 0.226 e. The second kappa shape index (κ2) is 6.75. The molecule has 0 N–H and O–H groups in total. The highest BCUT2D eigenvalue weighted by molar-refractivity contribution is 5.62. The number of morpholine rings is 1. The van der Waals surface area contributed by atoms with Crippen LogP contribution in [0.1, 0.15) is 23.3 Å². The lowest BCUT2D eigenvalue weighted by Crippen LogP contribution is -2.40. The quantitative estimate of drug-likeness (QED) is 0.695. The molecule has 26 heavy (non-hydrogen) atoms. The molecule has 1 aliphatic heterocycles. The number of ether oxygens (including phenoxy) is 1. The third-order valence-corrected chi connectivity index (χ3v) is 4.43. The average molecular weight is 352 g/mol. The van der Waals surface area contributed by atoms with Crippen molar-refractivity contribution in [3.8, 4) is 11.3 Å². The highest BCUT2D eigenvalue weighted by Gasteiger charge is 2.27. The molecule has 0 spiro atoms. The van der Waals surface area contributed by atoms with Gasteiger partial charge >= 0.3 is 0 Å². The van der Waals surface area contributed by atoms with E-state index in [4.69, 9.17) is 9.72 Å². The van der Waals surface area contributed by atoms with Gasteiger partial charge in [-0.3, -0.25) is 4.98 Å². The summed E-state index contributed by atoms with van der Waals surface area (Å²) >= 11 is 0. The number of aryl methyl sites for hydroxylation is 3. The Morgan fingerprint density at radius 2 is 2.04 bits per heavy atom. The molecule has 4 rings (SSSR count). The Bertz CT molecular complexity index is 925. The molecular weight excluding hydrogens is 332 g/mol. The van der Waals surface area contributed by atoms with E-state index in [1.54, 1.807) is 10.9 Å². The molecule has 1 fully saturated rings. The second-order valence-electron chi connectivity index (χ2n) is 6.29. The topological polar surface area (TPSA) is 94.7 Å². The van der Waals surface area contributed by atoms with Crippen molar-refractivity contribution in [1.29, 1.82) is 0 Å². The summed E-state index contributed by atoms with van der Waals surface area (Å²) in [5, 5.41) is 11.6. The van der Waals surface area contributed by atoms with Gasteiger partial charge in [0.1, 0.15) is 6.10 Å². The Balaban J connectivity index is 1.61. The maximum Gasteiger partial charge on any atom is 0.226 e. The summed E-state index contributed by atoms with van der Waals surface area (Å²) in [6.45, 7) is 5.86. The van der Waals surface area contributed by atoms with Gasteiger partial charge in [0.05, 0.1) is 18.8 Å². The third-order valence-electron chi connectivity index (χ3n) is 4.43. The fourth-order valence-corrected chi connectivity index (χ4v) is 3.10. The molecule has 0 aliphatic carbocycles.